The Morgan fingerprint density at radius 2 is 1.73 bits per heavy atom. The van der Waals surface area contributed by atoms with E-state index in [0.717, 1.165) is 5.69 Å². The summed E-state index contributed by atoms with van der Waals surface area (Å²) in [5.74, 6) is 0.125. The molecule has 0 spiro atoms. The minimum Gasteiger partial charge on any atom is -0.357 e. The normalized spacial score (nSPS) is 13.7. The second kappa shape index (κ2) is 8.24. The first-order valence-corrected chi connectivity index (χ1v) is 8.58. The highest BCUT2D eigenvalue weighted by Crippen LogP contribution is 2.21. The number of amides is 2. The van der Waals surface area contributed by atoms with E-state index in [2.05, 4.69) is 20.6 Å². The predicted octanol–water partition coefficient (Wildman–Crippen LogP) is 1.43. The van der Waals surface area contributed by atoms with Crippen LogP contribution in [-0.4, -0.2) is 47.3 Å². The van der Waals surface area contributed by atoms with Crippen molar-refractivity contribution in [1.82, 2.24) is 20.5 Å². The van der Waals surface area contributed by atoms with Gasteiger partial charge in [-0.05, 0) is 31.2 Å². The van der Waals surface area contributed by atoms with Gasteiger partial charge < -0.3 is 10.6 Å². The summed E-state index contributed by atoms with van der Waals surface area (Å²) in [6.45, 7) is 3.83. The van der Waals surface area contributed by atoms with Gasteiger partial charge in [0.1, 0.15) is 0 Å². The molecule has 2 aromatic rings. The molecule has 3 rings (SSSR count). The molecule has 2 amide bonds. The number of hydrogen-bond acceptors (Lipinski definition) is 4. The van der Waals surface area contributed by atoms with Crippen molar-refractivity contribution in [1.29, 1.82) is 0 Å². The number of nitrogens with one attached hydrogen (secondary N) is 2. The zero-order chi connectivity index (χ0) is 18.4. The number of imide groups is 1. The highest BCUT2D eigenvalue weighted by molar-refractivity contribution is 6.21. The van der Waals surface area contributed by atoms with Crippen LogP contribution in [0.5, 0.6) is 0 Å². The number of pyridine rings is 1. The monoisotopic (exact) mass is 351 g/mol. The third kappa shape index (κ3) is 3.88. The molecule has 0 radical (unpaired) electrons. The largest absolute Gasteiger partial charge is 0.357 e. The molecule has 2 heterocycles. The van der Waals surface area contributed by atoms with Crippen molar-refractivity contribution in [2.45, 2.75) is 13.5 Å². The summed E-state index contributed by atoms with van der Waals surface area (Å²) >= 11 is 0. The van der Waals surface area contributed by atoms with Crippen molar-refractivity contribution in [3.63, 3.8) is 0 Å². The van der Waals surface area contributed by atoms with Crippen molar-refractivity contribution in [3.05, 3.63) is 65.5 Å². The van der Waals surface area contributed by atoms with Gasteiger partial charge in [0.05, 0.1) is 23.4 Å². The van der Waals surface area contributed by atoms with Crippen LogP contribution in [-0.2, 0) is 6.54 Å². The zero-order valence-electron chi connectivity index (χ0n) is 14.6. The molecule has 134 valence electrons. The Hall–Kier alpha value is -3.22. The molecule has 0 bridgehead atoms. The number of benzene rings is 1. The van der Waals surface area contributed by atoms with Crippen molar-refractivity contribution >= 4 is 17.8 Å². The van der Waals surface area contributed by atoms with Gasteiger partial charge in [-0.15, -0.1) is 0 Å². The van der Waals surface area contributed by atoms with E-state index in [1.165, 1.54) is 4.90 Å². The molecule has 0 fully saturated rings. The summed E-state index contributed by atoms with van der Waals surface area (Å²) in [5, 5.41) is 6.29. The predicted molar refractivity (Wildman–Crippen MR) is 98.9 cm³/mol. The highest BCUT2D eigenvalue weighted by atomic mass is 16.2. The Bertz CT molecular complexity index is 785. The lowest BCUT2D eigenvalue weighted by molar-refractivity contribution is 0.0657. The Balaban J connectivity index is 1.57. The smallest absolute Gasteiger partial charge is 0.261 e. The molecular formula is C19H21N5O2. The number of aromatic nitrogens is 1. The molecule has 2 N–H and O–H groups in total. The quantitative estimate of drug-likeness (QED) is 0.467. The maximum Gasteiger partial charge on any atom is 0.261 e. The van der Waals surface area contributed by atoms with Gasteiger partial charge in [-0.3, -0.25) is 19.5 Å². The summed E-state index contributed by atoms with van der Waals surface area (Å²) in [7, 11) is 0. The fraction of sp³-hybridized carbons (Fsp3) is 0.263. The summed E-state index contributed by atoms with van der Waals surface area (Å²) < 4.78 is 0. The highest BCUT2D eigenvalue weighted by Gasteiger charge is 2.34. The average Bonchev–Trinajstić information content (AvgIpc) is 2.92. The van der Waals surface area contributed by atoms with Crippen molar-refractivity contribution in [2.75, 3.05) is 19.6 Å². The fourth-order valence-corrected chi connectivity index (χ4v) is 2.72. The van der Waals surface area contributed by atoms with Gasteiger partial charge in [-0.25, -0.2) is 4.99 Å². The van der Waals surface area contributed by atoms with Crippen molar-refractivity contribution < 1.29 is 9.59 Å². The van der Waals surface area contributed by atoms with E-state index < -0.39 is 0 Å². The van der Waals surface area contributed by atoms with Crippen LogP contribution in [0.15, 0.2) is 53.7 Å². The molecule has 0 saturated carbocycles. The van der Waals surface area contributed by atoms with Crippen LogP contribution >= 0.6 is 0 Å². The number of hydrogen-bond donors (Lipinski definition) is 2. The maximum atomic E-state index is 12.3. The molecule has 1 aromatic carbocycles. The lowest BCUT2D eigenvalue weighted by atomic mass is 10.1. The van der Waals surface area contributed by atoms with E-state index in [9.17, 15) is 9.59 Å². The van der Waals surface area contributed by atoms with Gasteiger partial charge in [-0.1, -0.05) is 18.2 Å². The van der Waals surface area contributed by atoms with Crippen LogP contribution in [0.25, 0.3) is 0 Å². The average molecular weight is 351 g/mol. The summed E-state index contributed by atoms with van der Waals surface area (Å²) in [5.41, 5.74) is 1.80. The lowest BCUT2D eigenvalue weighted by Gasteiger charge is -2.16. The molecule has 0 saturated heterocycles. The van der Waals surface area contributed by atoms with E-state index >= 15 is 0 Å². The van der Waals surface area contributed by atoms with Crippen LogP contribution in [0.3, 0.4) is 0 Å². The summed E-state index contributed by atoms with van der Waals surface area (Å²) in [6.07, 6.45) is 1.73. The van der Waals surface area contributed by atoms with E-state index in [1.807, 2.05) is 25.1 Å². The number of aliphatic imine (C=N–C) groups is 1. The van der Waals surface area contributed by atoms with E-state index in [1.54, 1.807) is 30.5 Å². The number of nitrogens with zero attached hydrogens (tertiary/aromatic N) is 3. The molecule has 26 heavy (non-hydrogen) atoms. The number of carbonyl (C=O) groups excluding carboxylic acids is 2. The van der Waals surface area contributed by atoms with Crippen LogP contribution in [0.4, 0.5) is 0 Å². The second-order valence-electron chi connectivity index (χ2n) is 5.75. The van der Waals surface area contributed by atoms with Gasteiger partial charge in [-0.2, -0.15) is 0 Å². The molecule has 1 aromatic heterocycles. The van der Waals surface area contributed by atoms with E-state index in [-0.39, 0.29) is 18.4 Å². The maximum absolute atomic E-state index is 12.3. The number of rotatable bonds is 6. The van der Waals surface area contributed by atoms with Gasteiger partial charge >= 0.3 is 0 Å². The molecule has 1 aliphatic heterocycles. The van der Waals surface area contributed by atoms with Gasteiger partial charge in [0.15, 0.2) is 5.96 Å². The minimum absolute atomic E-state index is 0.247. The van der Waals surface area contributed by atoms with Crippen LogP contribution in [0, 0.1) is 0 Å². The first-order valence-electron chi connectivity index (χ1n) is 8.58. The van der Waals surface area contributed by atoms with Crippen LogP contribution in [0.2, 0.25) is 0 Å². The SMILES string of the molecule is CCNC(=NCc1ccccn1)NCCN1C(=O)c2ccccc2C1=O. The molecule has 7 nitrogen and oxygen atoms in total. The molecular weight excluding hydrogens is 330 g/mol. The Kier molecular flexibility index (Phi) is 5.58. The zero-order valence-corrected chi connectivity index (χ0v) is 14.6. The lowest BCUT2D eigenvalue weighted by Crippen LogP contribution is -2.43. The Morgan fingerprint density at radius 1 is 1.04 bits per heavy atom. The first-order chi connectivity index (χ1) is 12.7. The molecule has 0 unspecified atom stereocenters. The third-order valence-corrected chi connectivity index (χ3v) is 3.98. The number of fused-ring (bicyclic) bond motifs is 1. The van der Waals surface area contributed by atoms with Gasteiger partial charge in [0, 0.05) is 25.8 Å². The van der Waals surface area contributed by atoms with Crippen LogP contribution in [0.1, 0.15) is 33.3 Å². The molecule has 1 aliphatic rings. The fourth-order valence-electron chi connectivity index (χ4n) is 2.72. The molecule has 0 aliphatic carbocycles. The third-order valence-electron chi connectivity index (χ3n) is 3.98. The molecule has 7 heteroatoms. The second-order valence-corrected chi connectivity index (χ2v) is 5.75. The first kappa shape index (κ1) is 17.6. The minimum atomic E-state index is -0.247. The van der Waals surface area contributed by atoms with Crippen LogP contribution < -0.4 is 10.6 Å². The Morgan fingerprint density at radius 3 is 2.35 bits per heavy atom. The molecule has 0 atom stereocenters. The van der Waals surface area contributed by atoms with E-state index in [0.29, 0.717) is 36.7 Å². The summed E-state index contributed by atoms with van der Waals surface area (Å²) in [4.78, 5) is 34.7. The summed E-state index contributed by atoms with van der Waals surface area (Å²) in [6, 6.07) is 12.6. The topological polar surface area (TPSA) is 86.7 Å². The number of carbonyl (C=O) groups is 2. The van der Waals surface area contributed by atoms with Crippen molar-refractivity contribution in [2.24, 2.45) is 4.99 Å². The number of guanidine groups is 1. The van der Waals surface area contributed by atoms with Crippen molar-refractivity contribution in [3.8, 4) is 0 Å². The van der Waals surface area contributed by atoms with Gasteiger partial charge in [0.25, 0.3) is 11.8 Å². The van der Waals surface area contributed by atoms with E-state index in [4.69, 9.17) is 0 Å². The standard InChI is InChI=1S/C19H21N5O2/c1-2-20-19(23-13-14-7-5-6-10-21-14)22-11-12-24-17(25)15-8-3-4-9-16(15)18(24)26/h3-10H,2,11-13H2,1H3,(H2,20,22,23). The van der Waals surface area contributed by atoms with Gasteiger partial charge in [0.2, 0.25) is 0 Å². The Labute approximate surface area is 152 Å².